The first-order valence-corrected chi connectivity index (χ1v) is 6.93. The Balaban J connectivity index is 0.00000106. The lowest BCUT2D eigenvalue weighted by Gasteiger charge is -2.05. The molecule has 0 radical (unpaired) electrons. The fourth-order valence-electron chi connectivity index (χ4n) is 1.17. The average molecular weight is 263 g/mol. The van der Waals surface area contributed by atoms with Crippen molar-refractivity contribution >= 4 is 29.3 Å². The van der Waals surface area contributed by atoms with E-state index < -0.39 is 5.97 Å². The highest BCUT2D eigenvalue weighted by atomic mass is 35.5. The molecule has 0 bridgehead atoms. The van der Waals surface area contributed by atoms with Crippen molar-refractivity contribution in [3.63, 3.8) is 0 Å². The van der Waals surface area contributed by atoms with E-state index in [4.69, 9.17) is 16.7 Å². The van der Waals surface area contributed by atoms with E-state index in [2.05, 4.69) is 12.2 Å². The van der Waals surface area contributed by atoms with Gasteiger partial charge in [-0.15, -0.1) is 11.8 Å². The topological polar surface area (TPSA) is 37.3 Å². The van der Waals surface area contributed by atoms with Crippen LogP contribution in [0, 0.1) is 0 Å². The second kappa shape index (κ2) is 9.79. The Morgan fingerprint density at radius 2 is 2.19 bits per heavy atom. The van der Waals surface area contributed by atoms with Gasteiger partial charge in [0.2, 0.25) is 0 Å². The van der Waals surface area contributed by atoms with Gasteiger partial charge in [-0.25, -0.2) is 0 Å². The molecular weight excluding hydrogens is 244 g/mol. The maximum absolute atomic E-state index is 10.3. The molecule has 4 heteroatoms. The van der Waals surface area contributed by atoms with Gasteiger partial charge in [0.15, 0.2) is 0 Å². The summed E-state index contributed by atoms with van der Waals surface area (Å²) < 4.78 is 0. The van der Waals surface area contributed by atoms with Crippen molar-refractivity contribution in [3.05, 3.63) is 22.1 Å². The first kappa shape index (κ1) is 15.6. The van der Waals surface area contributed by atoms with Crippen molar-refractivity contribution < 1.29 is 9.90 Å². The van der Waals surface area contributed by atoms with Crippen molar-refractivity contribution in [1.82, 2.24) is 0 Å². The van der Waals surface area contributed by atoms with Crippen LogP contribution in [0.5, 0.6) is 0 Å². The molecule has 1 aliphatic carbocycles. The van der Waals surface area contributed by atoms with Gasteiger partial charge in [0.1, 0.15) is 0 Å². The lowest BCUT2D eigenvalue weighted by molar-refractivity contribution is -0.136. The summed E-state index contributed by atoms with van der Waals surface area (Å²) in [4.78, 5) is 11.4. The van der Waals surface area contributed by atoms with Crippen molar-refractivity contribution in [3.8, 4) is 0 Å². The minimum atomic E-state index is -0.751. The normalized spacial score (nSPS) is 15.2. The predicted molar refractivity (Wildman–Crippen MR) is 71.9 cm³/mol. The predicted octanol–water partition coefficient (Wildman–Crippen LogP) is 4.41. The molecule has 0 amide bonds. The second-order valence-electron chi connectivity index (χ2n) is 3.03. The van der Waals surface area contributed by atoms with Crippen molar-refractivity contribution in [2.45, 2.75) is 39.5 Å². The molecule has 0 spiro atoms. The summed E-state index contributed by atoms with van der Waals surface area (Å²) in [5.41, 5.74) is 0. The van der Waals surface area contributed by atoms with Crippen LogP contribution in [0.25, 0.3) is 0 Å². The molecule has 1 rings (SSSR count). The lowest BCUT2D eigenvalue weighted by Crippen LogP contribution is -1.96. The molecular formula is C12H19ClO2S. The fourth-order valence-corrected chi connectivity index (χ4v) is 2.51. The molecule has 0 aromatic rings. The molecule has 0 heterocycles. The van der Waals surface area contributed by atoms with E-state index >= 15 is 0 Å². The van der Waals surface area contributed by atoms with E-state index in [1.54, 1.807) is 11.8 Å². The number of carboxylic acids is 1. The number of halogens is 1. The third-order valence-electron chi connectivity index (χ3n) is 1.90. The molecule has 1 aliphatic rings. The maximum Gasteiger partial charge on any atom is 0.304 e. The standard InChI is InChI=1S/C10H13ClO2S.C2H6/c11-8-4-2-1-3-5-9(8)14-7-6-10(12)13;1-2/h1,3H,2,4-7H2,(H,12,13);1-2H3. The molecule has 2 nitrogen and oxygen atoms in total. The summed E-state index contributed by atoms with van der Waals surface area (Å²) in [5, 5.41) is 9.38. The molecule has 0 unspecified atom stereocenters. The minimum Gasteiger partial charge on any atom is -0.481 e. The van der Waals surface area contributed by atoms with Crippen LogP contribution in [0.2, 0.25) is 0 Å². The summed E-state index contributed by atoms with van der Waals surface area (Å²) in [6, 6.07) is 0. The first-order valence-electron chi connectivity index (χ1n) is 5.57. The number of carboxylic acid groups (broad SMARTS) is 1. The third-order valence-corrected chi connectivity index (χ3v) is 3.59. The van der Waals surface area contributed by atoms with Crippen LogP contribution in [0.15, 0.2) is 22.1 Å². The van der Waals surface area contributed by atoms with E-state index in [0.29, 0.717) is 5.75 Å². The highest BCUT2D eigenvalue weighted by molar-refractivity contribution is 8.03. The van der Waals surface area contributed by atoms with Gasteiger partial charge in [-0.05, 0) is 19.3 Å². The highest BCUT2D eigenvalue weighted by Gasteiger charge is 2.07. The second-order valence-corrected chi connectivity index (χ2v) is 4.68. The van der Waals surface area contributed by atoms with E-state index in [-0.39, 0.29) is 6.42 Å². The lowest BCUT2D eigenvalue weighted by atomic mass is 10.3. The number of aliphatic carboxylic acids is 1. The van der Waals surface area contributed by atoms with Crippen molar-refractivity contribution in [1.29, 1.82) is 0 Å². The van der Waals surface area contributed by atoms with Crippen LogP contribution in [0.3, 0.4) is 0 Å². The molecule has 0 saturated heterocycles. The van der Waals surface area contributed by atoms with Gasteiger partial charge in [0.05, 0.1) is 6.42 Å². The third kappa shape index (κ3) is 6.96. The van der Waals surface area contributed by atoms with Crippen molar-refractivity contribution in [2.75, 3.05) is 5.75 Å². The van der Waals surface area contributed by atoms with Crippen LogP contribution >= 0.6 is 23.4 Å². The highest BCUT2D eigenvalue weighted by Crippen LogP contribution is 2.31. The van der Waals surface area contributed by atoms with Gasteiger partial charge in [-0.3, -0.25) is 4.79 Å². The zero-order valence-electron chi connectivity index (χ0n) is 9.83. The molecule has 0 saturated carbocycles. The Hall–Kier alpha value is -0.410. The number of carbonyl (C=O) groups is 1. The molecule has 16 heavy (non-hydrogen) atoms. The van der Waals surface area contributed by atoms with Gasteiger partial charge in [0.25, 0.3) is 0 Å². The Bertz CT molecular complexity index is 272. The molecule has 0 aromatic carbocycles. The first-order chi connectivity index (χ1) is 7.70. The summed E-state index contributed by atoms with van der Waals surface area (Å²) in [6.07, 6.45) is 7.13. The van der Waals surface area contributed by atoms with Crippen LogP contribution < -0.4 is 0 Å². The summed E-state index contributed by atoms with van der Waals surface area (Å²) in [5.74, 6) is -0.146. The fraction of sp³-hybridized carbons (Fsp3) is 0.583. The average Bonchev–Trinajstić information content (AvgIpc) is 2.47. The molecule has 1 N–H and O–H groups in total. The molecule has 0 atom stereocenters. The SMILES string of the molecule is CC.O=C(O)CCSC1=C(Cl)CCC=CC1. The van der Waals surface area contributed by atoms with E-state index in [1.807, 2.05) is 13.8 Å². The van der Waals surface area contributed by atoms with Crippen LogP contribution in [0.4, 0.5) is 0 Å². The van der Waals surface area contributed by atoms with Crippen LogP contribution in [-0.2, 0) is 4.79 Å². The van der Waals surface area contributed by atoms with Crippen molar-refractivity contribution in [2.24, 2.45) is 0 Å². The van der Waals surface area contributed by atoms with E-state index in [0.717, 1.165) is 29.2 Å². The summed E-state index contributed by atoms with van der Waals surface area (Å²) in [6.45, 7) is 4.00. The molecule has 0 fully saturated rings. The Kier molecular flexibility index (Phi) is 9.54. The Labute approximate surface area is 107 Å². The largest absolute Gasteiger partial charge is 0.481 e. The van der Waals surface area contributed by atoms with Crippen LogP contribution in [-0.4, -0.2) is 16.8 Å². The van der Waals surface area contributed by atoms with E-state index in [1.165, 1.54) is 0 Å². The van der Waals surface area contributed by atoms with E-state index in [9.17, 15) is 4.79 Å². The zero-order valence-corrected chi connectivity index (χ0v) is 11.4. The van der Waals surface area contributed by atoms with Gasteiger partial charge in [0, 0.05) is 15.7 Å². The Morgan fingerprint density at radius 1 is 1.50 bits per heavy atom. The minimum absolute atomic E-state index is 0.196. The smallest absolute Gasteiger partial charge is 0.304 e. The Morgan fingerprint density at radius 3 is 2.81 bits per heavy atom. The summed E-state index contributed by atoms with van der Waals surface area (Å²) in [7, 11) is 0. The quantitative estimate of drug-likeness (QED) is 0.763. The van der Waals surface area contributed by atoms with Crippen LogP contribution in [0.1, 0.15) is 39.5 Å². The monoisotopic (exact) mass is 262 g/mol. The maximum atomic E-state index is 10.3. The number of hydrogen-bond acceptors (Lipinski definition) is 2. The number of allylic oxidation sites excluding steroid dienone is 4. The van der Waals surface area contributed by atoms with Gasteiger partial charge >= 0.3 is 5.97 Å². The number of rotatable bonds is 4. The molecule has 0 aromatic heterocycles. The zero-order chi connectivity index (χ0) is 12.4. The molecule has 0 aliphatic heterocycles. The number of hydrogen-bond donors (Lipinski definition) is 1. The van der Waals surface area contributed by atoms with Gasteiger partial charge < -0.3 is 5.11 Å². The summed E-state index contributed by atoms with van der Waals surface area (Å²) >= 11 is 7.64. The molecule has 92 valence electrons. The van der Waals surface area contributed by atoms with Gasteiger partial charge in [-0.1, -0.05) is 37.6 Å². The number of thioether (sulfide) groups is 1. The van der Waals surface area contributed by atoms with Gasteiger partial charge in [-0.2, -0.15) is 0 Å².